The van der Waals surface area contributed by atoms with Crippen LogP contribution in [0.25, 0.3) is 10.9 Å². The summed E-state index contributed by atoms with van der Waals surface area (Å²) in [5.41, 5.74) is 6.77. The van der Waals surface area contributed by atoms with E-state index in [1.807, 2.05) is 41.0 Å². The van der Waals surface area contributed by atoms with Crippen LogP contribution in [0.4, 0.5) is 5.82 Å². The average molecular weight is 527 g/mol. The molecular formula is C32H38N4O3. The molecule has 0 bridgehead atoms. The molecule has 2 aliphatic heterocycles. The van der Waals surface area contributed by atoms with Gasteiger partial charge in [-0.2, -0.15) is 0 Å². The number of nitrogens with zero attached hydrogens (tertiary/aromatic N) is 4. The monoisotopic (exact) mass is 526 g/mol. The fourth-order valence-electron chi connectivity index (χ4n) is 6.18. The summed E-state index contributed by atoms with van der Waals surface area (Å²) in [5, 5.41) is 1.15. The Balaban J connectivity index is 1.33. The lowest BCUT2D eigenvalue weighted by atomic mass is 10.0. The number of amides is 2. The molecule has 6 rings (SSSR count). The van der Waals surface area contributed by atoms with E-state index in [-0.39, 0.29) is 11.8 Å². The Hall–Kier alpha value is -3.45. The fraction of sp³-hybridized carbons (Fsp3) is 0.469. The molecule has 2 saturated heterocycles. The van der Waals surface area contributed by atoms with E-state index >= 15 is 0 Å². The van der Waals surface area contributed by atoms with Crippen LogP contribution in [0.5, 0.6) is 0 Å². The van der Waals surface area contributed by atoms with Crippen LogP contribution in [-0.2, 0) is 28.9 Å². The van der Waals surface area contributed by atoms with Gasteiger partial charge in [-0.15, -0.1) is 0 Å². The van der Waals surface area contributed by atoms with Crippen molar-refractivity contribution in [3.63, 3.8) is 0 Å². The van der Waals surface area contributed by atoms with E-state index in [4.69, 9.17) is 9.72 Å². The maximum absolute atomic E-state index is 13.8. The van der Waals surface area contributed by atoms with Crippen LogP contribution in [0.3, 0.4) is 0 Å². The predicted octanol–water partition coefficient (Wildman–Crippen LogP) is 4.52. The number of carbonyl (C=O) groups excluding carboxylic acids is 2. The van der Waals surface area contributed by atoms with Gasteiger partial charge in [-0.05, 0) is 80.5 Å². The van der Waals surface area contributed by atoms with Gasteiger partial charge in [-0.1, -0.05) is 17.7 Å². The fourth-order valence-corrected chi connectivity index (χ4v) is 6.18. The molecule has 0 unspecified atom stereocenters. The first-order chi connectivity index (χ1) is 19.0. The highest BCUT2D eigenvalue weighted by molar-refractivity contribution is 5.94. The number of morpholine rings is 1. The van der Waals surface area contributed by atoms with Crippen LogP contribution >= 0.6 is 0 Å². The zero-order chi connectivity index (χ0) is 26.8. The summed E-state index contributed by atoms with van der Waals surface area (Å²) in [5.74, 6) is 1.21. The quantitative estimate of drug-likeness (QED) is 0.432. The van der Waals surface area contributed by atoms with Gasteiger partial charge in [0.15, 0.2) is 0 Å². The molecule has 0 radical (unpaired) electrons. The van der Waals surface area contributed by atoms with E-state index in [1.165, 1.54) is 17.5 Å². The highest BCUT2D eigenvalue weighted by atomic mass is 16.5. The summed E-state index contributed by atoms with van der Waals surface area (Å²) in [6.45, 7) is 7.55. The zero-order valence-corrected chi connectivity index (χ0v) is 23.0. The van der Waals surface area contributed by atoms with E-state index in [1.54, 1.807) is 0 Å². The first-order valence-electron chi connectivity index (χ1n) is 14.5. The van der Waals surface area contributed by atoms with Gasteiger partial charge in [0.05, 0.1) is 18.7 Å². The van der Waals surface area contributed by atoms with E-state index in [0.29, 0.717) is 44.8 Å². The second kappa shape index (κ2) is 11.3. The molecule has 3 aromatic rings. The molecule has 0 N–H and O–H groups in total. The highest BCUT2D eigenvalue weighted by Gasteiger charge is 2.24. The van der Waals surface area contributed by atoms with E-state index in [2.05, 4.69) is 23.1 Å². The normalized spacial score (nSPS) is 17.2. The lowest BCUT2D eigenvalue weighted by Gasteiger charge is -2.32. The smallest absolute Gasteiger partial charge is 0.254 e. The second-order valence-corrected chi connectivity index (χ2v) is 11.2. The van der Waals surface area contributed by atoms with Crippen molar-refractivity contribution in [1.29, 1.82) is 0 Å². The molecule has 2 aromatic carbocycles. The van der Waals surface area contributed by atoms with Crippen molar-refractivity contribution in [3.8, 4) is 0 Å². The molecule has 7 nitrogen and oxygen atoms in total. The maximum atomic E-state index is 13.8. The van der Waals surface area contributed by atoms with E-state index in [0.717, 1.165) is 73.2 Å². The summed E-state index contributed by atoms with van der Waals surface area (Å²) < 4.78 is 5.64. The number of hydrogen-bond acceptors (Lipinski definition) is 5. The Kier molecular flexibility index (Phi) is 7.51. The third-order valence-electron chi connectivity index (χ3n) is 8.37. The molecule has 3 heterocycles. The Morgan fingerprint density at radius 3 is 2.49 bits per heavy atom. The molecule has 2 fully saturated rings. The summed E-state index contributed by atoms with van der Waals surface area (Å²) in [6.07, 6.45) is 5.78. The van der Waals surface area contributed by atoms with Crippen LogP contribution in [-0.4, -0.2) is 72.5 Å². The number of ether oxygens (including phenoxy) is 1. The molecule has 1 aromatic heterocycles. The van der Waals surface area contributed by atoms with Crippen molar-refractivity contribution in [2.45, 2.75) is 52.0 Å². The SMILES string of the molecule is Cc1ccc(C(=O)N(CCCN2CCCC2=O)Cc2cc3cc4c(cc3nc2N2CCOCC2)CCC4)cc1. The minimum atomic E-state index is 0.0183. The molecule has 3 aliphatic rings. The summed E-state index contributed by atoms with van der Waals surface area (Å²) in [7, 11) is 0. The number of hydrogen-bond donors (Lipinski definition) is 0. The Bertz CT molecular complexity index is 1360. The zero-order valence-electron chi connectivity index (χ0n) is 23.0. The number of carbonyl (C=O) groups is 2. The highest BCUT2D eigenvalue weighted by Crippen LogP contribution is 2.31. The van der Waals surface area contributed by atoms with E-state index in [9.17, 15) is 9.59 Å². The Morgan fingerprint density at radius 1 is 0.974 bits per heavy atom. The molecule has 7 heteroatoms. The van der Waals surface area contributed by atoms with Crippen molar-refractivity contribution < 1.29 is 14.3 Å². The summed E-state index contributed by atoms with van der Waals surface area (Å²) in [6, 6.07) is 14.7. The number of aryl methyl sites for hydroxylation is 3. The van der Waals surface area contributed by atoms with Gasteiger partial charge in [0.2, 0.25) is 5.91 Å². The molecule has 1 aliphatic carbocycles. The van der Waals surface area contributed by atoms with Gasteiger partial charge in [0.1, 0.15) is 5.82 Å². The number of anilines is 1. The van der Waals surface area contributed by atoms with Gasteiger partial charge in [-0.3, -0.25) is 9.59 Å². The third kappa shape index (κ3) is 5.64. The van der Waals surface area contributed by atoms with Crippen LogP contribution in [0, 0.1) is 6.92 Å². The number of aromatic nitrogens is 1. The van der Waals surface area contributed by atoms with Gasteiger partial charge in [0, 0.05) is 62.2 Å². The van der Waals surface area contributed by atoms with Crippen LogP contribution in [0.1, 0.15) is 58.3 Å². The molecule has 0 spiro atoms. The number of benzene rings is 2. The molecular weight excluding hydrogens is 488 g/mol. The second-order valence-electron chi connectivity index (χ2n) is 11.2. The minimum absolute atomic E-state index is 0.0183. The predicted molar refractivity (Wildman–Crippen MR) is 153 cm³/mol. The topological polar surface area (TPSA) is 66.0 Å². The van der Waals surface area contributed by atoms with Gasteiger partial charge < -0.3 is 19.4 Å². The minimum Gasteiger partial charge on any atom is -0.378 e. The summed E-state index contributed by atoms with van der Waals surface area (Å²) >= 11 is 0. The molecule has 39 heavy (non-hydrogen) atoms. The molecule has 0 saturated carbocycles. The largest absolute Gasteiger partial charge is 0.378 e. The van der Waals surface area contributed by atoms with Crippen molar-refractivity contribution in [2.75, 3.05) is 50.8 Å². The molecule has 204 valence electrons. The van der Waals surface area contributed by atoms with Gasteiger partial charge in [-0.25, -0.2) is 4.98 Å². The Morgan fingerprint density at radius 2 is 1.74 bits per heavy atom. The van der Waals surface area contributed by atoms with Crippen LogP contribution in [0.15, 0.2) is 42.5 Å². The van der Waals surface area contributed by atoms with Crippen LogP contribution < -0.4 is 4.90 Å². The first kappa shape index (κ1) is 25.8. The van der Waals surface area contributed by atoms with Crippen LogP contribution in [0.2, 0.25) is 0 Å². The standard InChI is InChI=1S/C32H38N4O3/c1-23-8-10-24(11-9-23)32(38)36(14-4-13-34-12-3-7-30(34)37)22-28-20-27-19-25-5-2-6-26(25)21-29(27)33-31(28)35-15-17-39-18-16-35/h8-11,19-21H,2-7,12-18,22H2,1H3. The Labute approximate surface area is 230 Å². The number of likely N-dealkylation sites (tertiary alicyclic amines) is 1. The van der Waals surface area contributed by atoms with Crippen molar-refractivity contribution in [3.05, 3.63) is 70.3 Å². The third-order valence-corrected chi connectivity index (χ3v) is 8.37. The molecule has 0 atom stereocenters. The lowest BCUT2D eigenvalue weighted by molar-refractivity contribution is -0.127. The maximum Gasteiger partial charge on any atom is 0.254 e. The number of pyridine rings is 1. The lowest BCUT2D eigenvalue weighted by Crippen LogP contribution is -2.39. The number of rotatable bonds is 8. The summed E-state index contributed by atoms with van der Waals surface area (Å²) in [4.78, 5) is 37.4. The van der Waals surface area contributed by atoms with Gasteiger partial charge in [0.25, 0.3) is 5.91 Å². The average Bonchev–Trinajstić information content (AvgIpc) is 3.59. The van der Waals surface area contributed by atoms with Crippen molar-refractivity contribution in [2.24, 2.45) is 0 Å². The molecule has 2 amide bonds. The van der Waals surface area contributed by atoms with E-state index < -0.39 is 0 Å². The first-order valence-corrected chi connectivity index (χ1v) is 14.5. The van der Waals surface area contributed by atoms with Crippen molar-refractivity contribution in [1.82, 2.24) is 14.8 Å². The number of fused-ring (bicyclic) bond motifs is 2. The van der Waals surface area contributed by atoms with Crippen molar-refractivity contribution >= 4 is 28.5 Å². The van der Waals surface area contributed by atoms with Gasteiger partial charge >= 0.3 is 0 Å².